The fraction of sp³-hybridized carbons (Fsp3) is 0.500. The molecular formula is C12H20INO. The van der Waals surface area contributed by atoms with Crippen molar-refractivity contribution in [3.8, 4) is 5.75 Å². The summed E-state index contributed by atoms with van der Waals surface area (Å²) in [5.74, 6) is 0.361. The summed E-state index contributed by atoms with van der Waals surface area (Å²) in [7, 11) is 0. The maximum atomic E-state index is 9.45. The maximum absolute atomic E-state index is 9.45. The highest BCUT2D eigenvalue weighted by Crippen LogP contribution is 2.26. The maximum Gasteiger partial charge on any atom is 0.136 e. The van der Waals surface area contributed by atoms with Gasteiger partial charge in [-0.25, -0.2) is 0 Å². The monoisotopic (exact) mass is 321 g/mol. The molecule has 0 aliphatic carbocycles. The largest absolute Gasteiger partial charge is 1.00 e. The van der Waals surface area contributed by atoms with E-state index in [4.69, 9.17) is 0 Å². The second kappa shape index (κ2) is 6.33. The van der Waals surface area contributed by atoms with Gasteiger partial charge in [0.25, 0.3) is 0 Å². The lowest BCUT2D eigenvalue weighted by Gasteiger charge is -2.35. The lowest BCUT2D eigenvalue weighted by molar-refractivity contribution is -0.00000412. The predicted molar refractivity (Wildman–Crippen MR) is 61.5 cm³/mol. The molecule has 0 saturated carbocycles. The first kappa shape index (κ1) is 14.7. The molecule has 0 saturated heterocycles. The van der Waals surface area contributed by atoms with Crippen LogP contribution in [-0.4, -0.2) is 24.7 Å². The van der Waals surface area contributed by atoms with Gasteiger partial charge < -0.3 is 29.1 Å². The molecule has 1 rings (SSSR count). The van der Waals surface area contributed by atoms with E-state index in [1.54, 1.807) is 6.07 Å². The Balaban J connectivity index is 0.00000196. The van der Waals surface area contributed by atoms with E-state index >= 15 is 0 Å². The Labute approximate surface area is 110 Å². The molecule has 1 aromatic carbocycles. The van der Waals surface area contributed by atoms with Crippen LogP contribution < -0.4 is 28.5 Å². The number of nitrogens with zero attached hydrogens (tertiary/aromatic N) is 1. The summed E-state index contributed by atoms with van der Waals surface area (Å²) in [6.07, 6.45) is 0. The molecule has 2 nitrogen and oxygen atoms in total. The molecule has 0 aliphatic heterocycles. The normalized spacial score (nSPS) is 10.9. The molecule has 0 heterocycles. The molecule has 86 valence electrons. The highest BCUT2D eigenvalue weighted by Gasteiger charge is 2.24. The minimum Gasteiger partial charge on any atom is -1.00 e. The van der Waals surface area contributed by atoms with Crippen molar-refractivity contribution < 1.29 is 29.1 Å². The van der Waals surface area contributed by atoms with Crippen molar-refractivity contribution >= 4 is 5.69 Å². The van der Waals surface area contributed by atoms with Crippen molar-refractivity contribution in [3.05, 3.63) is 24.3 Å². The number of aromatic hydroxyl groups is 1. The summed E-state index contributed by atoms with van der Waals surface area (Å²) in [6.45, 7) is 9.77. The molecule has 0 aliphatic rings. The van der Waals surface area contributed by atoms with Gasteiger partial charge in [0.1, 0.15) is 11.4 Å². The summed E-state index contributed by atoms with van der Waals surface area (Å²) in [5, 5.41) is 9.45. The second-order valence-electron chi connectivity index (χ2n) is 3.61. The van der Waals surface area contributed by atoms with E-state index in [2.05, 4.69) is 26.8 Å². The number of hydrogen-bond acceptors (Lipinski definition) is 1. The molecule has 15 heavy (non-hydrogen) atoms. The number of phenols is 1. The van der Waals surface area contributed by atoms with Crippen LogP contribution in [-0.2, 0) is 0 Å². The summed E-state index contributed by atoms with van der Waals surface area (Å²) in [6, 6.07) is 7.60. The first-order chi connectivity index (χ1) is 6.68. The van der Waals surface area contributed by atoms with Crippen molar-refractivity contribution in [1.29, 1.82) is 0 Å². The van der Waals surface area contributed by atoms with Crippen LogP contribution >= 0.6 is 0 Å². The molecule has 0 bridgehead atoms. The topological polar surface area (TPSA) is 20.2 Å². The summed E-state index contributed by atoms with van der Waals surface area (Å²) in [4.78, 5) is 0. The smallest absolute Gasteiger partial charge is 0.136 e. The first-order valence-electron chi connectivity index (χ1n) is 5.34. The third-order valence-electron chi connectivity index (χ3n) is 3.19. The van der Waals surface area contributed by atoms with E-state index in [0.717, 1.165) is 24.1 Å². The van der Waals surface area contributed by atoms with Gasteiger partial charge in [0.05, 0.1) is 19.6 Å². The quantitative estimate of drug-likeness (QED) is 0.600. The zero-order valence-corrected chi connectivity index (χ0v) is 11.9. The standard InChI is InChI=1S/C12H19NO.HI/c1-4-13(5-2,6-3)11-8-7-9-12(14)10-11;/h7-10H,4-6H2,1-3H3;1H. The average Bonchev–Trinajstić information content (AvgIpc) is 2.22. The van der Waals surface area contributed by atoms with Gasteiger partial charge in [-0.05, 0) is 32.9 Å². The van der Waals surface area contributed by atoms with E-state index in [1.165, 1.54) is 5.69 Å². The van der Waals surface area contributed by atoms with Gasteiger partial charge in [-0.15, -0.1) is 0 Å². The fourth-order valence-corrected chi connectivity index (χ4v) is 2.01. The second-order valence-corrected chi connectivity index (χ2v) is 3.61. The van der Waals surface area contributed by atoms with Gasteiger partial charge in [0.2, 0.25) is 0 Å². The molecule has 1 aromatic rings. The van der Waals surface area contributed by atoms with Crippen LogP contribution in [0.15, 0.2) is 24.3 Å². The van der Waals surface area contributed by atoms with Crippen LogP contribution in [0.3, 0.4) is 0 Å². The van der Waals surface area contributed by atoms with Gasteiger partial charge in [-0.3, -0.25) is 4.48 Å². The van der Waals surface area contributed by atoms with E-state index < -0.39 is 0 Å². The van der Waals surface area contributed by atoms with E-state index in [9.17, 15) is 5.11 Å². The minimum absolute atomic E-state index is 0. The molecule has 0 amide bonds. The van der Waals surface area contributed by atoms with Gasteiger partial charge in [0, 0.05) is 6.07 Å². The summed E-state index contributed by atoms with van der Waals surface area (Å²) in [5.41, 5.74) is 1.21. The van der Waals surface area contributed by atoms with Crippen LogP contribution in [0.4, 0.5) is 5.69 Å². The third-order valence-corrected chi connectivity index (χ3v) is 3.19. The van der Waals surface area contributed by atoms with Crippen LogP contribution in [0.25, 0.3) is 0 Å². The minimum atomic E-state index is 0. The lowest BCUT2D eigenvalue weighted by Crippen LogP contribution is -3.00. The van der Waals surface area contributed by atoms with Crippen LogP contribution in [0.5, 0.6) is 5.75 Å². The van der Waals surface area contributed by atoms with Crippen molar-refractivity contribution in [1.82, 2.24) is 4.48 Å². The van der Waals surface area contributed by atoms with Crippen LogP contribution in [0.1, 0.15) is 20.8 Å². The van der Waals surface area contributed by atoms with Crippen molar-refractivity contribution in [2.45, 2.75) is 20.8 Å². The van der Waals surface area contributed by atoms with Crippen LogP contribution in [0.2, 0.25) is 0 Å². The summed E-state index contributed by atoms with van der Waals surface area (Å²) >= 11 is 0. The molecular weight excluding hydrogens is 301 g/mol. The van der Waals surface area contributed by atoms with Crippen molar-refractivity contribution in [2.75, 3.05) is 19.6 Å². The number of quaternary nitrogens is 1. The van der Waals surface area contributed by atoms with Crippen LogP contribution in [0, 0.1) is 0 Å². The molecule has 1 N–H and O–H groups in total. The van der Waals surface area contributed by atoms with Crippen molar-refractivity contribution in [3.63, 3.8) is 0 Å². The van der Waals surface area contributed by atoms with E-state index in [1.807, 2.05) is 12.1 Å². The Morgan fingerprint density at radius 3 is 2.00 bits per heavy atom. The average molecular weight is 321 g/mol. The Hall–Kier alpha value is -0.290. The Kier molecular flexibility index (Phi) is 6.20. The van der Waals surface area contributed by atoms with E-state index in [-0.39, 0.29) is 24.0 Å². The van der Waals surface area contributed by atoms with Gasteiger partial charge >= 0.3 is 0 Å². The predicted octanol–water partition coefficient (Wildman–Crippen LogP) is -0.237. The Morgan fingerprint density at radius 2 is 1.60 bits per heavy atom. The summed E-state index contributed by atoms with van der Waals surface area (Å²) < 4.78 is 0.939. The SMILES string of the molecule is CC[N+](CC)(CC)c1cccc(O)c1.[I-]. The number of phenolic OH excluding ortho intramolecular Hbond substituents is 1. The van der Waals surface area contributed by atoms with Gasteiger partial charge in [-0.2, -0.15) is 0 Å². The fourth-order valence-electron chi connectivity index (χ4n) is 2.01. The number of halogens is 1. The third kappa shape index (κ3) is 3.08. The molecule has 0 unspecified atom stereocenters. The molecule has 0 radical (unpaired) electrons. The number of benzene rings is 1. The molecule has 0 spiro atoms. The Bertz CT molecular complexity index is 289. The van der Waals surface area contributed by atoms with Gasteiger partial charge in [0.15, 0.2) is 0 Å². The zero-order valence-electron chi connectivity index (χ0n) is 9.70. The zero-order chi connectivity index (χ0) is 10.6. The Morgan fingerprint density at radius 1 is 1.07 bits per heavy atom. The molecule has 3 heteroatoms. The molecule has 0 atom stereocenters. The van der Waals surface area contributed by atoms with Crippen molar-refractivity contribution in [2.24, 2.45) is 0 Å². The highest BCUT2D eigenvalue weighted by atomic mass is 127. The van der Waals surface area contributed by atoms with Gasteiger partial charge in [-0.1, -0.05) is 6.07 Å². The molecule has 0 aromatic heterocycles. The first-order valence-corrected chi connectivity index (χ1v) is 5.34. The lowest BCUT2D eigenvalue weighted by atomic mass is 10.2. The molecule has 0 fully saturated rings. The number of rotatable bonds is 4. The number of hydrogen-bond donors (Lipinski definition) is 1. The highest BCUT2D eigenvalue weighted by molar-refractivity contribution is 5.47. The van der Waals surface area contributed by atoms with E-state index in [0.29, 0.717) is 5.75 Å².